The topological polar surface area (TPSA) is 15.3 Å². The van der Waals surface area contributed by atoms with Gasteiger partial charge in [0.15, 0.2) is 0 Å². The minimum absolute atomic E-state index is 0. The van der Waals surface area contributed by atoms with Crippen molar-refractivity contribution in [2.75, 3.05) is 26.2 Å². The lowest BCUT2D eigenvalue weighted by Gasteiger charge is -2.34. The second-order valence-electron chi connectivity index (χ2n) is 4.74. The van der Waals surface area contributed by atoms with E-state index in [-0.39, 0.29) is 24.8 Å². The second-order valence-corrected chi connectivity index (χ2v) is 6.59. The molecule has 2 nitrogen and oxygen atoms in total. The van der Waals surface area contributed by atoms with Gasteiger partial charge in [0.2, 0.25) is 0 Å². The van der Waals surface area contributed by atoms with Crippen molar-refractivity contribution in [2.45, 2.75) is 18.9 Å². The van der Waals surface area contributed by atoms with Crippen molar-refractivity contribution in [3.63, 3.8) is 0 Å². The van der Waals surface area contributed by atoms with Crippen LogP contribution in [-0.4, -0.2) is 31.1 Å². The maximum Gasteiger partial charge on any atom is 0.0471 e. The van der Waals surface area contributed by atoms with E-state index in [1.807, 2.05) is 11.3 Å². The molecule has 2 aliphatic rings. The Bertz CT molecular complexity index is 365. The quantitative estimate of drug-likeness (QED) is 0.868. The highest BCUT2D eigenvalue weighted by Gasteiger charge is 2.37. The zero-order valence-electron chi connectivity index (χ0n) is 10.1. The summed E-state index contributed by atoms with van der Waals surface area (Å²) >= 11 is 5.48. The first-order valence-electron chi connectivity index (χ1n) is 6.03. The molecule has 1 aliphatic heterocycles. The molecule has 0 radical (unpaired) electrons. The van der Waals surface area contributed by atoms with Gasteiger partial charge in [0.1, 0.15) is 0 Å². The molecule has 0 amide bonds. The molecule has 1 aromatic heterocycles. The lowest BCUT2D eigenvalue weighted by atomic mass is 10.1. The Morgan fingerprint density at radius 2 is 1.94 bits per heavy atom. The Morgan fingerprint density at radius 3 is 2.44 bits per heavy atom. The van der Waals surface area contributed by atoms with Crippen LogP contribution in [0, 0.1) is 5.92 Å². The van der Waals surface area contributed by atoms with E-state index in [2.05, 4.69) is 37.6 Å². The fourth-order valence-corrected chi connectivity index (χ4v) is 4.24. The van der Waals surface area contributed by atoms with Crippen molar-refractivity contribution in [3.05, 3.63) is 20.8 Å². The Balaban J connectivity index is 0.000000810. The summed E-state index contributed by atoms with van der Waals surface area (Å²) in [5.41, 5.74) is 0. The van der Waals surface area contributed by atoms with E-state index in [0.717, 1.165) is 19.0 Å². The highest BCUT2D eigenvalue weighted by atomic mass is 79.9. The van der Waals surface area contributed by atoms with Gasteiger partial charge >= 0.3 is 0 Å². The van der Waals surface area contributed by atoms with Crippen LogP contribution in [0.1, 0.15) is 23.8 Å². The van der Waals surface area contributed by atoms with Gasteiger partial charge in [-0.1, -0.05) is 0 Å². The third-order valence-corrected chi connectivity index (χ3v) is 5.26. The van der Waals surface area contributed by atoms with E-state index < -0.39 is 0 Å². The van der Waals surface area contributed by atoms with E-state index in [4.69, 9.17) is 0 Å². The van der Waals surface area contributed by atoms with Gasteiger partial charge in [0.05, 0.1) is 0 Å². The third kappa shape index (κ3) is 3.84. The lowest BCUT2D eigenvalue weighted by Crippen LogP contribution is -2.45. The molecule has 1 saturated heterocycles. The summed E-state index contributed by atoms with van der Waals surface area (Å²) in [5, 5.41) is 5.65. The molecule has 18 heavy (non-hydrogen) atoms. The predicted octanol–water partition coefficient (Wildman–Crippen LogP) is 3.71. The van der Waals surface area contributed by atoms with E-state index >= 15 is 0 Å². The second kappa shape index (κ2) is 7.46. The van der Waals surface area contributed by atoms with Crippen LogP contribution >= 0.6 is 52.1 Å². The molecule has 1 aromatic rings. The van der Waals surface area contributed by atoms with Crippen molar-refractivity contribution in [1.82, 2.24) is 10.2 Å². The van der Waals surface area contributed by atoms with Crippen molar-refractivity contribution < 1.29 is 0 Å². The molecule has 0 aromatic carbocycles. The normalized spacial score (nSPS) is 21.8. The summed E-state index contributed by atoms with van der Waals surface area (Å²) in [6, 6.07) is 3.01. The summed E-state index contributed by atoms with van der Waals surface area (Å²) in [6.07, 6.45) is 2.84. The molecule has 3 rings (SSSR count). The van der Waals surface area contributed by atoms with Gasteiger partial charge in [0, 0.05) is 47.0 Å². The molecule has 0 bridgehead atoms. The molecule has 2 heterocycles. The third-order valence-electron chi connectivity index (χ3n) is 3.49. The van der Waals surface area contributed by atoms with Gasteiger partial charge < -0.3 is 5.32 Å². The van der Waals surface area contributed by atoms with E-state index in [1.54, 1.807) is 4.88 Å². The van der Waals surface area contributed by atoms with Gasteiger partial charge in [-0.3, -0.25) is 4.90 Å². The molecule has 1 saturated carbocycles. The van der Waals surface area contributed by atoms with Crippen LogP contribution in [0.25, 0.3) is 0 Å². The Labute approximate surface area is 133 Å². The van der Waals surface area contributed by atoms with Crippen molar-refractivity contribution in [2.24, 2.45) is 5.92 Å². The molecular weight excluding hydrogens is 355 g/mol. The maximum atomic E-state index is 3.57. The minimum atomic E-state index is 0. The number of nitrogens with one attached hydrogen (secondary N) is 1. The standard InChI is InChI=1S/C12H17BrN2S.2ClH/c13-10-7-11(16-8-10)12(9-1-2-9)15-5-3-14-4-6-15;;/h7-9,12,14H,1-6H2;2*1H/t12-;;/m1../s1. The van der Waals surface area contributed by atoms with Crippen LogP contribution in [-0.2, 0) is 0 Å². The Hall–Kier alpha value is 0.680. The average molecular weight is 374 g/mol. The number of thiophene rings is 1. The van der Waals surface area contributed by atoms with Crippen LogP contribution in [0.15, 0.2) is 15.9 Å². The number of rotatable bonds is 3. The van der Waals surface area contributed by atoms with Crippen LogP contribution in [0.3, 0.4) is 0 Å². The molecule has 1 N–H and O–H groups in total. The first-order chi connectivity index (χ1) is 7.84. The smallest absolute Gasteiger partial charge is 0.0471 e. The fourth-order valence-electron chi connectivity index (χ4n) is 2.57. The summed E-state index contributed by atoms with van der Waals surface area (Å²) in [7, 11) is 0. The van der Waals surface area contributed by atoms with Gasteiger partial charge in [-0.25, -0.2) is 0 Å². The van der Waals surface area contributed by atoms with Gasteiger partial charge in [0.25, 0.3) is 0 Å². The van der Waals surface area contributed by atoms with Crippen LogP contribution in [0.5, 0.6) is 0 Å². The Kier molecular flexibility index (Phi) is 6.93. The van der Waals surface area contributed by atoms with Crippen LogP contribution < -0.4 is 5.32 Å². The van der Waals surface area contributed by atoms with Crippen LogP contribution in [0.4, 0.5) is 0 Å². The van der Waals surface area contributed by atoms with Gasteiger partial charge in [-0.05, 0) is 40.8 Å². The van der Waals surface area contributed by atoms with E-state index in [9.17, 15) is 0 Å². The lowest BCUT2D eigenvalue weighted by molar-refractivity contribution is 0.158. The monoisotopic (exact) mass is 372 g/mol. The highest BCUT2D eigenvalue weighted by Crippen LogP contribution is 2.46. The zero-order valence-corrected chi connectivity index (χ0v) is 14.1. The molecule has 6 heteroatoms. The number of hydrogen-bond acceptors (Lipinski definition) is 3. The number of nitrogens with zero attached hydrogens (tertiary/aromatic N) is 1. The molecule has 1 aliphatic carbocycles. The number of halogens is 3. The molecule has 1 atom stereocenters. The van der Waals surface area contributed by atoms with E-state index in [0.29, 0.717) is 6.04 Å². The number of hydrogen-bond donors (Lipinski definition) is 1. The first kappa shape index (κ1) is 16.7. The highest BCUT2D eigenvalue weighted by molar-refractivity contribution is 9.10. The van der Waals surface area contributed by atoms with Crippen LogP contribution in [0.2, 0.25) is 0 Å². The molecular formula is C12H19BrCl2N2S. The summed E-state index contributed by atoms with van der Waals surface area (Å²) in [6.45, 7) is 4.71. The van der Waals surface area contributed by atoms with E-state index in [1.165, 1.54) is 30.4 Å². The summed E-state index contributed by atoms with van der Waals surface area (Å²) < 4.78 is 1.24. The molecule has 0 spiro atoms. The summed E-state index contributed by atoms with van der Waals surface area (Å²) in [5.74, 6) is 0.920. The fraction of sp³-hybridized carbons (Fsp3) is 0.667. The van der Waals surface area contributed by atoms with Gasteiger partial charge in [-0.15, -0.1) is 36.2 Å². The van der Waals surface area contributed by atoms with Gasteiger partial charge in [-0.2, -0.15) is 0 Å². The summed E-state index contributed by atoms with van der Waals surface area (Å²) in [4.78, 5) is 4.23. The molecule has 104 valence electrons. The Morgan fingerprint density at radius 1 is 1.28 bits per heavy atom. The first-order valence-corrected chi connectivity index (χ1v) is 7.70. The van der Waals surface area contributed by atoms with Crippen molar-refractivity contribution in [1.29, 1.82) is 0 Å². The zero-order chi connectivity index (χ0) is 11.0. The average Bonchev–Trinajstić information content (AvgIpc) is 3.04. The predicted molar refractivity (Wildman–Crippen MR) is 86.4 cm³/mol. The van der Waals surface area contributed by atoms with Crippen molar-refractivity contribution in [3.8, 4) is 0 Å². The minimum Gasteiger partial charge on any atom is -0.314 e. The molecule has 2 fully saturated rings. The largest absolute Gasteiger partial charge is 0.314 e. The SMILES string of the molecule is Brc1csc([C@@H](C2CC2)N2CCNCC2)c1.Cl.Cl. The van der Waals surface area contributed by atoms with Crippen molar-refractivity contribution >= 4 is 52.1 Å². The number of piperazine rings is 1. The maximum absolute atomic E-state index is 3.57. The molecule has 0 unspecified atom stereocenters.